The minimum atomic E-state index is -1.08. The van der Waals surface area contributed by atoms with Crippen molar-refractivity contribution in [3.63, 3.8) is 0 Å². The molecule has 3 aliphatic heterocycles. The van der Waals surface area contributed by atoms with Crippen LogP contribution in [0.25, 0.3) is 0 Å². The Labute approximate surface area is 344 Å². The molecule has 0 radical (unpaired) electrons. The highest BCUT2D eigenvalue weighted by atomic mass is 32.2. The number of carbonyl (C=O) groups excluding carboxylic acids is 2. The molecule has 1 aromatic carbocycles. The molecule has 3 saturated heterocycles. The molecule has 18 nitrogen and oxygen atoms in total. The van der Waals surface area contributed by atoms with Crippen molar-refractivity contribution in [2.24, 2.45) is 0 Å². The first kappa shape index (κ1) is 46.7. The lowest BCUT2D eigenvalue weighted by molar-refractivity contribution is -0.142. The summed E-state index contributed by atoms with van der Waals surface area (Å²) in [6, 6.07) is 7.26. The Kier molecular flexibility index (Phi) is 19.4. The second-order valence-corrected chi connectivity index (χ2v) is 16.9. The molecule has 3 amide bonds. The molecular weight excluding hydrogens is 773 g/mol. The number of unbranched alkanes of at least 4 members (excludes halogenated alkanes) is 3. The zero-order valence-electron chi connectivity index (χ0n) is 33.6. The van der Waals surface area contributed by atoms with Gasteiger partial charge in [0.25, 0.3) is 0 Å². The summed E-state index contributed by atoms with van der Waals surface area (Å²) in [5.74, 6) is -3.36. The van der Waals surface area contributed by atoms with Crippen molar-refractivity contribution in [1.82, 2.24) is 35.1 Å². The number of nitrogens with zero attached hydrogens (tertiary/aromatic N) is 5. The predicted octanol–water partition coefficient (Wildman–Crippen LogP) is 0.924. The first-order valence-corrected chi connectivity index (χ1v) is 21.3. The van der Waals surface area contributed by atoms with Crippen LogP contribution >= 0.6 is 11.8 Å². The first-order valence-electron chi connectivity index (χ1n) is 20.3. The highest BCUT2D eigenvalue weighted by Gasteiger charge is 2.42. The summed E-state index contributed by atoms with van der Waals surface area (Å²) in [7, 11) is 2.13. The molecule has 4 rings (SSSR count). The second-order valence-electron chi connectivity index (χ2n) is 15.7. The number of benzene rings is 1. The van der Waals surface area contributed by atoms with Gasteiger partial charge in [0.1, 0.15) is 0 Å². The van der Waals surface area contributed by atoms with Gasteiger partial charge in [0.2, 0.25) is 5.91 Å². The van der Waals surface area contributed by atoms with Crippen molar-refractivity contribution >= 4 is 53.3 Å². The number of hydrogen-bond acceptors (Lipinski definition) is 12. The molecule has 0 saturated carbocycles. The summed E-state index contributed by atoms with van der Waals surface area (Å²) in [4.78, 5) is 80.5. The number of anilines is 1. The van der Waals surface area contributed by atoms with Crippen molar-refractivity contribution in [2.45, 2.75) is 74.7 Å². The third-order valence-corrected chi connectivity index (χ3v) is 12.4. The van der Waals surface area contributed by atoms with Gasteiger partial charge >= 0.3 is 29.9 Å². The number of carboxylic acid groups (broad SMARTS) is 4. The van der Waals surface area contributed by atoms with Crippen LogP contribution in [0, 0.1) is 0 Å². The van der Waals surface area contributed by atoms with E-state index in [-0.39, 0.29) is 96.0 Å². The van der Waals surface area contributed by atoms with E-state index in [2.05, 4.69) is 27.9 Å². The van der Waals surface area contributed by atoms with Crippen molar-refractivity contribution in [2.75, 3.05) is 103 Å². The number of amides is 3. The Morgan fingerprint density at radius 3 is 1.93 bits per heavy atom. The van der Waals surface area contributed by atoms with Crippen LogP contribution in [0.5, 0.6) is 0 Å². The van der Waals surface area contributed by atoms with Crippen LogP contribution in [0.15, 0.2) is 24.3 Å². The Morgan fingerprint density at radius 1 is 0.741 bits per heavy atom. The Hall–Kier alpha value is -4.01. The minimum absolute atomic E-state index is 0.0448. The molecule has 4 atom stereocenters. The van der Waals surface area contributed by atoms with E-state index in [0.29, 0.717) is 23.8 Å². The number of fused-ring (bicyclic) bond motifs is 1. The summed E-state index contributed by atoms with van der Waals surface area (Å²) in [6.45, 7) is 2.21. The average Bonchev–Trinajstić information content (AvgIpc) is 3.70. The number of rotatable bonds is 22. The maximum atomic E-state index is 12.8. The number of aliphatic carboxylic acids is 4. The van der Waals surface area contributed by atoms with Gasteiger partial charge in [-0.15, -0.1) is 0 Å². The lowest BCUT2D eigenvalue weighted by Crippen LogP contribution is -2.53. The maximum Gasteiger partial charge on any atom is 0.317 e. The molecule has 0 spiro atoms. The highest BCUT2D eigenvalue weighted by Crippen LogP contribution is 2.33. The van der Waals surface area contributed by atoms with E-state index in [4.69, 9.17) is 0 Å². The van der Waals surface area contributed by atoms with E-state index in [1.807, 2.05) is 23.9 Å². The van der Waals surface area contributed by atoms with Gasteiger partial charge in [0.05, 0.1) is 38.3 Å². The summed E-state index contributed by atoms with van der Waals surface area (Å²) in [5, 5.41) is 48.0. The average molecular weight is 835 g/mol. The van der Waals surface area contributed by atoms with E-state index in [1.165, 1.54) is 0 Å². The quantitative estimate of drug-likeness (QED) is 0.0636. The third-order valence-electron chi connectivity index (χ3n) is 10.9. The molecule has 0 aliphatic carbocycles. The molecule has 19 heteroatoms. The zero-order valence-corrected chi connectivity index (χ0v) is 34.4. The summed E-state index contributed by atoms with van der Waals surface area (Å²) in [6.07, 6.45) is 6.79. The van der Waals surface area contributed by atoms with Crippen LogP contribution in [-0.4, -0.2) is 202 Å². The molecule has 3 heterocycles. The lowest BCUT2D eigenvalue weighted by atomic mass is 10.0. The van der Waals surface area contributed by atoms with Crippen LogP contribution in [0.3, 0.4) is 0 Å². The van der Waals surface area contributed by atoms with Gasteiger partial charge in [0.15, 0.2) is 0 Å². The van der Waals surface area contributed by atoms with Crippen LogP contribution < -0.4 is 16.0 Å². The van der Waals surface area contributed by atoms with E-state index in [9.17, 15) is 49.2 Å². The number of nitrogens with one attached hydrogen (secondary N) is 3. The summed E-state index contributed by atoms with van der Waals surface area (Å²) in [5.41, 5.74) is 1.47. The smallest absolute Gasteiger partial charge is 0.317 e. The van der Waals surface area contributed by atoms with Gasteiger partial charge in [-0.1, -0.05) is 25.0 Å². The predicted molar refractivity (Wildman–Crippen MR) is 219 cm³/mol. The van der Waals surface area contributed by atoms with Gasteiger partial charge in [-0.05, 0) is 69.9 Å². The van der Waals surface area contributed by atoms with Crippen LogP contribution in [0.4, 0.5) is 10.5 Å². The van der Waals surface area contributed by atoms with E-state index >= 15 is 0 Å². The molecular formula is C39H62N8O10S. The summed E-state index contributed by atoms with van der Waals surface area (Å²) >= 11 is 1.95. The van der Waals surface area contributed by atoms with Gasteiger partial charge in [0, 0.05) is 75.0 Å². The molecule has 7 N–H and O–H groups in total. The Balaban J connectivity index is 1.25. The van der Waals surface area contributed by atoms with Crippen molar-refractivity contribution in [3.8, 4) is 0 Å². The normalized spacial score (nSPS) is 22.7. The molecule has 4 unspecified atom stereocenters. The fourth-order valence-electron chi connectivity index (χ4n) is 7.90. The molecule has 3 fully saturated rings. The molecule has 58 heavy (non-hydrogen) atoms. The van der Waals surface area contributed by atoms with E-state index < -0.39 is 29.9 Å². The van der Waals surface area contributed by atoms with Gasteiger partial charge in [-0.2, -0.15) is 11.8 Å². The Bertz CT molecular complexity index is 1520. The monoisotopic (exact) mass is 834 g/mol. The van der Waals surface area contributed by atoms with E-state index in [1.54, 1.807) is 31.7 Å². The SMILES string of the molecule is CN(CCCCCC(=O)Nc1ccc(CC2CN(CC(=O)O)CCN(CC(=O)O)CCN(CC(=O)O)CCN2CC(=O)O)cc1)CCCCC1SCC2NC(=O)NC21. The number of carboxylic acids is 4. The number of thioether (sulfide) groups is 1. The van der Waals surface area contributed by atoms with Crippen LogP contribution in [-0.2, 0) is 30.4 Å². The van der Waals surface area contributed by atoms with Crippen molar-refractivity contribution in [1.29, 1.82) is 0 Å². The van der Waals surface area contributed by atoms with Gasteiger partial charge < -0.3 is 41.3 Å². The summed E-state index contributed by atoms with van der Waals surface area (Å²) < 4.78 is 0. The van der Waals surface area contributed by atoms with Crippen LogP contribution in [0.1, 0.15) is 50.5 Å². The Morgan fingerprint density at radius 2 is 1.31 bits per heavy atom. The zero-order chi connectivity index (χ0) is 42.0. The fourth-order valence-corrected chi connectivity index (χ4v) is 9.45. The lowest BCUT2D eigenvalue weighted by Gasteiger charge is -2.37. The largest absolute Gasteiger partial charge is 0.480 e. The highest BCUT2D eigenvalue weighted by molar-refractivity contribution is 8.00. The van der Waals surface area contributed by atoms with Gasteiger partial charge in [-0.25, -0.2) is 4.79 Å². The number of urea groups is 1. The number of hydrogen-bond donors (Lipinski definition) is 7. The topological polar surface area (TPSA) is 236 Å². The molecule has 324 valence electrons. The third kappa shape index (κ3) is 17.1. The van der Waals surface area contributed by atoms with Crippen molar-refractivity contribution < 1.29 is 49.2 Å². The molecule has 0 aromatic heterocycles. The minimum Gasteiger partial charge on any atom is -0.480 e. The van der Waals surface area contributed by atoms with E-state index in [0.717, 1.165) is 62.9 Å². The standard InChI is InChI=1S/C39H62N8O10S/c1-43(14-6-4-7-32-38-31(27-58-32)41-39(57)42-38)13-5-2-3-8-33(48)40-29-11-9-28(10-12-29)21-30-22-46(25-36(53)54)18-17-44(23-34(49)50)15-16-45(24-35(51)52)19-20-47(30)26-37(55)56/h9-12,30-32,38H,2-8,13-27H2,1H3,(H,40,48)(H,49,50)(H,51,52)(H,53,54)(H,55,56)(H2,41,42,57). The second kappa shape index (κ2) is 24.2. The van der Waals surface area contributed by atoms with Crippen LogP contribution in [0.2, 0.25) is 0 Å². The molecule has 0 bridgehead atoms. The molecule has 3 aliphatic rings. The number of carbonyl (C=O) groups is 6. The van der Waals surface area contributed by atoms with Gasteiger partial charge in [-0.3, -0.25) is 43.6 Å². The maximum absolute atomic E-state index is 12.8. The fraction of sp³-hybridized carbons (Fsp3) is 0.692. The first-order chi connectivity index (χ1) is 27.7. The molecule has 1 aromatic rings. The van der Waals surface area contributed by atoms with Crippen molar-refractivity contribution in [3.05, 3.63) is 29.8 Å².